The fraction of sp³-hybridized carbons (Fsp3) is 0.0435. The van der Waals surface area contributed by atoms with E-state index in [4.69, 9.17) is 0 Å². The second-order valence-electron chi connectivity index (χ2n) is 6.54. The van der Waals surface area contributed by atoms with Gasteiger partial charge in [-0.3, -0.25) is 10.1 Å². The Labute approximate surface area is 171 Å². The smallest absolute Gasteiger partial charge is 0.270 e. The van der Waals surface area contributed by atoms with Gasteiger partial charge in [0.2, 0.25) is 0 Å². The van der Waals surface area contributed by atoms with Gasteiger partial charge in [0.05, 0.1) is 16.3 Å². The van der Waals surface area contributed by atoms with E-state index in [1.807, 2.05) is 36.4 Å². The van der Waals surface area contributed by atoms with E-state index in [9.17, 15) is 10.1 Å². The molecule has 0 fully saturated rings. The number of para-hydroxylation sites is 1. The summed E-state index contributed by atoms with van der Waals surface area (Å²) in [4.78, 5) is 10.9. The Hall–Kier alpha value is -3.18. The molecule has 0 N–H and O–H groups in total. The van der Waals surface area contributed by atoms with Crippen LogP contribution < -0.4 is 0 Å². The number of benzene rings is 3. The molecule has 5 heteroatoms. The van der Waals surface area contributed by atoms with Crippen LogP contribution in [0.3, 0.4) is 0 Å². The average Bonchev–Trinajstić information content (AvgIpc) is 3.14. The van der Waals surface area contributed by atoms with Gasteiger partial charge in [0, 0.05) is 27.9 Å². The zero-order valence-electron chi connectivity index (χ0n) is 15.2. The average molecular weight is 433 g/mol. The van der Waals surface area contributed by atoms with Crippen molar-refractivity contribution in [1.29, 1.82) is 0 Å². The molecule has 0 atom stereocenters. The van der Waals surface area contributed by atoms with Crippen LogP contribution in [0.4, 0.5) is 5.69 Å². The van der Waals surface area contributed by atoms with Crippen molar-refractivity contribution in [3.05, 3.63) is 105 Å². The van der Waals surface area contributed by atoms with Crippen LogP contribution in [0.1, 0.15) is 5.56 Å². The van der Waals surface area contributed by atoms with Crippen LogP contribution in [0.15, 0.2) is 89.4 Å². The fourth-order valence-corrected chi connectivity index (χ4v) is 3.62. The number of nitro groups is 1. The number of nitrogens with zero attached hydrogens (tertiary/aromatic N) is 2. The number of aryl methyl sites for hydroxylation is 1. The van der Waals surface area contributed by atoms with Crippen molar-refractivity contribution in [3.8, 4) is 28.2 Å². The van der Waals surface area contributed by atoms with Crippen molar-refractivity contribution in [2.24, 2.45) is 0 Å². The summed E-state index contributed by atoms with van der Waals surface area (Å²) in [6.45, 7) is 2.07. The first kappa shape index (κ1) is 18.2. The molecular formula is C23H17BrN2O2. The van der Waals surface area contributed by atoms with Gasteiger partial charge in [0.15, 0.2) is 0 Å². The zero-order chi connectivity index (χ0) is 19.7. The van der Waals surface area contributed by atoms with Crippen molar-refractivity contribution >= 4 is 21.6 Å². The molecule has 0 saturated heterocycles. The minimum atomic E-state index is -0.361. The van der Waals surface area contributed by atoms with Gasteiger partial charge >= 0.3 is 0 Å². The van der Waals surface area contributed by atoms with E-state index < -0.39 is 0 Å². The number of halogens is 1. The number of nitro benzene ring substituents is 1. The third-order valence-corrected chi connectivity index (χ3v) is 5.26. The van der Waals surface area contributed by atoms with Crippen molar-refractivity contribution in [2.75, 3.05) is 0 Å². The molecule has 4 nitrogen and oxygen atoms in total. The van der Waals surface area contributed by atoms with Crippen molar-refractivity contribution in [1.82, 2.24) is 4.57 Å². The Bertz CT molecular complexity index is 1160. The molecule has 28 heavy (non-hydrogen) atoms. The molecule has 0 aliphatic rings. The summed E-state index contributed by atoms with van der Waals surface area (Å²) in [5.41, 5.74) is 6.08. The van der Waals surface area contributed by atoms with Gasteiger partial charge in [-0.25, -0.2) is 0 Å². The van der Waals surface area contributed by atoms with Crippen LogP contribution in [0.2, 0.25) is 0 Å². The molecule has 4 rings (SSSR count). The van der Waals surface area contributed by atoms with Crippen LogP contribution in [0.5, 0.6) is 0 Å². The number of aromatic nitrogens is 1. The van der Waals surface area contributed by atoms with E-state index >= 15 is 0 Å². The Kier molecular flexibility index (Phi) is 4.84. The molecule has 0 unspecified atom stereocenters. The minimum Gasteiger partial charge on any atom is -0.309 e. The number of non-ortho nitro benzene ring substituents is 1. The molecule has 1 heterocycles. The standard InChI is InChI=1S/C23H17BrN2O2/c1-16-5-2-3-8-21(16)25-22(17-9-11-19(24)12-10-17)13-14-23(25)18-6-4-7-20(15-18)26(27)28/h2-15H,1H3. The summed E-state index contributed by atoms with van der Waals surface area (Å²) < 4.78 is 3.18. The van der Waals surface area contributed by atoms with Crippen LogP contribution in [0, 0.1) is 17.0 Å². The molecule has 0 aliphatic heterocycles. The van der Waals surface area contributed by atoms with Crippen LogP contribution in [-0.4, -0.2) is 9.49 Å². The Balaban J connectivity index is 1.98. The van der Waals surface area contributed by atoms with E-state index in [0.717, 1.165) is 38.2 Å². The molecule has 0 spiro atoms. The lowest BCUT2D eigenvalue weighted by Gasteiger charge is -2.16. The lowest BCUT2D eigenvalue weighted by molar-refractivity contribution is -0.384. The van der Waals surface area contributed by atoms with Crippen molar-refractivity contribution in [2.45, 2.75) is 6.92 Å². The van der Waals surface area contributed by atoms with E-state index in [-0.39, 0.29) is 10.6 Å². The molecular weight excluding hydrogens is 416 g/mol. The Morgan fingerprint density at radius 2 is 1.50 bits per heavy atom. The monoisotopic (exact) mass is 432 g/mol. The third kappa shape index (κ3) is 3.37. The molecule has 138 valence electrons. The lowest BCUT2D eigenvalue weighted by Crippen LogP contribution is -2.01. The second kappa shape index (κ2) is 7.44. The first-order valence-corrected chi connectivity index (χ1v) is 9.62. The summed E-state index contributed by atoms with van der Waals surface area (Å²) in [5, 5.41) is 11.2. The van der Waals surface area contributed by atoms with Crippen molar-refractivity contribution in [3.63, 3.8) is 0 Å². The Morgan fingerprint density at radius 1 is 0.821 bits per heavy atom. The molecule has 0 amide bonds. The zero-order valence-corrected chi connectivity index (χ0v) is 16.8. The van der Waals surface area contributed by atoms with Gasteiger partial charge in [-0.05, 0) is 48.4 Å². The van der Waals surface area contributed by atoms with E-state index in [2.05, 4.69) is 57.8 Å². The lowest BCUT2D eigenvalue weighted by atomic mass is 10.1. The topological polar surface area (TPSA) is 48.1 Å². The van der Waals surface area contributed by atoms with E-state index in [0.29, 0.717) is 0 Å². The van der Waals surface area contributed by atoms with Crippen molar-refractivity contribution < 1.29 is 4.92 Å². The normalized spacial score (nSPS) is 10.8. The quantitative estimate of drug-likeness (QED) is 0.263. The fourth-order valence-electron chi connectivity index (χ4n) is 3.36. The summed E-state index contributed by atoms with van der Waals surface area (Å²) in [6.07, 6.45) is 0. The maximum Gasteiger partial charge on any atom is 0.270 e. The predicted molar refractivity (Wildman–Crippen MR) is 116 cm³/mol. The Morgan fingerprint density at radius 3 is 2.18 bits per heavy atom. The van der Waals surface area contributed by atoms with Gasteiger partial charge in [0.25, 0.3) is 5.69 Å². The van der Waals surface area contributed by atoms with Gasteiger partial charge in [0.1, 0.15) is 0 Å². The van der Waals surface area contributed by atoms with Gasteiger partial charge in [-0.15, -0.1) is 0 Å². The van der Waals surface area contributed by atoms with Gasteiger partial charge in [-0.1, -0.05) is 58.4 Å². The van der Waals surface area contributed by atoms with Gasteiger partial charge in [-0.2, -0.15) is 0 Å². The highest BCUT2D eigenvalue weighted by atomic mass is 79.9. The molecule has 3 aromatic carbocycles. The van der Waals surface area contributed by atoms with E-state index in [1.165, 1.54) is 6.07 Å². The summed E-state index contributed by atoms with van der Waals surface area (Å²) >= 11 is 3.49. The molecule has 0 saturated carbocycles. The number of rotatable bonds is 4. The van der Waals surface area contributed by atoms with Crippen LogP contribution in [0.25, 0.3) is 28.2 Å². The molecule has 1 aromatic heterocycles. The highest BCUT2D eigenvalue weighted by Crippen LogP contribution is 2.35. The summed E-state index contributed by atoms with van der Waals surface area (Å²) in [7, 11) is 0. The predicted octanol–water partition coefficient (Wildman–Crippen LogP) is 6.79. The molecule has 0 bridgehead atoms. The maximum atomic E-state index is 11.2. The largest absolute Gasteiger partial charge is 0.309 e. The third-order valence-electron chi connectivity index (χ3n) is 4.73. The molecule has 0 aliphatic carbocycles. The number of hydrogen-bond donors (Lipinski definition) is 0. The molecule has 4 aromatic rings. The SMILES string of the molecule is Cc1ccccc1-n1c(-c2ccc(Br)cc2)ccc1-c1cccc([N+](=O)[O-])c1. The van der Waals surface area contributed by atoms with E-state index in [1.54, 1.807) is 12.1 Å². The summed E-state index contributed by atoms with van der Waals surface area (Å²) in [6, 6.07) is 27.1. The second-order valence-corrected chi connectivity index (χ2v) is 7.46. The van der Waals surface area contributed by atoms with Gasteiger partial charge < -0.3 is 4.57 Å². The highest BCUT2D eigenvalue weighted by Gasteiger charge is 2.16. The summed E-state index contributed by atoms with van der Waals surface area (Å²) in [5.74, 6) is 0. The first-order chi connectivity index (χ1) is 13.5. The minimum absolute atomic E-state index is 0.0835. The first-order valence-electron chi connectivity index (χ1n) is 8.83. The van der Waals surface area contributed by atoms with Crippen LogP contribution >= 0.6 is 15.9 Å². The number of hydrogen-bond acceptors (Lipinski definition) is 2. The van der Waals surface area contributed by atoms with Crippen LogP contribution in [-0.2, 0) is 0 Å². The molecule has 0 radical (unpaired) electrons. The highest BCUT2D eigenvalue weighted by molar-refractivity contribution is 9.10. The maximum absolute atomic E-state index is 11.2.